The van der Waals surface area contributed by atoms with Gasteiger partial charge in [0.25, 0.3) is 0 Å². The lowest BCUT2D eigenvalue weighted by atomic mass is 9.94. The molecule has 12 heavy (non-hydrogen) atoms. The molecule has 1 aliphatic rings. The van der Waals surface area contributed by atoms with Crippen molar-refractivity contribution in [3.05, 3.63) is 20.9 Å². The summed E-state index contributed by atoms with van der Waals surface area (Å²) < 4.78 is 0. The van der Waals surface area contributed by atoms with Crippen molar-refractivity contribution in [2.45, 2.75) is 33.1 Å². The van der Waals surface area contributed by atoms with Crippen LogP contribution in [0.1, 0.15) is 38.5 Å². The van der Waals surface area contributed by atoms with Crippen LogP contribution in [0.3, 0.4) is 0 Å². The monoisotopic (exact) mass is 180 g/mol. The summed E-state index contributed by atoms with van der Waals surface area (Å²) in [5.41, 5.74) is 2.27. The van der Waals surface area contributed by atoms with Crippen molar-refractivity contribution in [3.8, 4) is 0 Å². The molecule has 0 aromatic carbocycles. The molecule has 64 valence electrons. The smallest absolute Gasteiger partial charge is 0.164 e. The first-order valence-electron chi connectivity index (χ1n) is 4.32. The van der Waals surface area contributed by atoms with Gasteiger partial charge in [-0.05, 0) is 32.3 Å². The van der Waals surface area contributed by atoms with Crippen molar-refractivity contribution in [1.82, 2.24) is 0 Å². The van der Waals surface area contributed by atoms with Crippen LogP contribution in [0.2, 0.25) is 0 Å². The molecule has 0 spiro atoms. The quantitative estimate of drug-likeness (QED) is 0.600. The van der Waals surface area contributed by atoms with Gasteiger partial charge in [-0.25, -0.2) is 0 Å². The van der Waals surface area contributed by atoms with Crippen molar-refractivity contribution < 1.29 is 4.79 Å². The van der Waals surface area contributed by atoms with Crippen molar-refractivity contribution in [2.24, 2.45) is 0 Å². The number of carbonyl (C=O) groups excluding carboxylic acids is 1. The van der Waals surface area contributed by atoms with Crippen LogP contribution in [0.15, 0.2) is 0 Å². The fraction of sp³-hybridized carbons (Fsp3) is 0.500. The van der Waals surface area contributed by atoms with Crippen molar-refractivity contribution >= 4 is 17.1 Å². The summed E-state index contributed by atoms with van der Waals surface area (Å²) in [6.07, 6.45) is 2.91. The standard InChI is InChI=1S/C10H12OS/c1-6-7(2)12-9-5-3-4-8(11)10(6)9/h3-5H2,1-2H3. The first-order chi connectivity index (χ1) is 5.70. The zero-order valence-corrected chi connectivity index (χ0v) is 8.25. The minimum Gasteiger partial charge on any atom is -0.294 e. The van der Waals surface area contributed by atoms with Gasteiger partial charge in [0.1, 0.15) is 0 Å². The average Bonchev–Trinajstić information content (AvgIpc) is 2.29. The fourth-order valence-electron chi connectivity index (χ4n) is 1.77. The molecule has 0 bridgehead atoms. The molecule has 2 rings (SSSR count). The minimum atomic E-state index is 0.359. The number of hydrogen-bond acceptors (Lipinski definition) is 2. The van der Waals surface area contributed by atoms with Gasteiger partial charge in [-0.2, -0.15) is 0 Å². The molecule has 0 fully saturated rings. The Bertz CT molecular complexity index is 336. The van der Waals surface area contributed by atoms with E-state index in [2.05, 4.69) is 13.8 Å². The Morgan fingerprint density at radius 1 is 1.25 bits per heavy atom. The van der Waals surface area contributed by atoms with Crippen LogP contribution in [0.25, 0.3) is 0 Å². The SMILES string of the molecule is Cc1sc2c(c1C)C(=O)CCC2. The zero-order chi connectivity index (χ0) is 8.72. The second kappa shape index (κ2) is 2.70. The van der Waals surface area contributed by atoms with Crippen LogP contribution < -0.4 is 0 Å². The first kappa shape index (κ1) is 7.99. The predicted octanol–water partition coefficient (Wildman–Crippen LogP) is 2.88. The second-order valence-electron chi connectivity index (χ2n) is 3.36. The topological polar surface area (TPSA) is 17.1 Å². The van der Waals surface area contributed by atoms with Crippen molar-refractivity contribution in [2.75, 3.05) is 0 Å². The predicted molar refractivity (Wildman–Crippen MR) is 51.1 cm³/mol. The number of hydrogen-bond donors (Lipinski definition) is 0. The molecule has 2 heteroatoms. The third kappa shape index (κ3) is 1.02. The van der Waals surface area contributed by atoms with E-state index in [1.807, 2.05) is 0 Å². The highest BCUT2D eigenvalue weighted by molar-refractivity contribution is 7.12. The van der Waals surface area contributed by atoms with Gasteiger partial charge in [-0.15, -0.1) is 11.3 Å². The van der Waals surface area contributed by atoms with Crippen LogP contribution in [0.5, 0.6) is 0 Å². The molecule has 0 amide bonds. The zero-order valence-electron chi connectivity index (χ0n) is 7.44. The summed E-state index contributed by atoms with van der Waals surface area (Å²) in [7, 11) is 0. The Balaban J connectivity index is 2.61. The molecule has 1 nitrogen and oxygen atoms in total. The van der Waals surface area contributed by atoms with E-state index in [0.29, 0.717) is 5.78 Å². The number of aryl methyl sites for hydroxylation is 2. The molecule has 0 saturated carbocycles. The summed E-state index contributed by atoms with van der Waals surface area (Å²) >= 11 is 1.80. The number of carbonyl (C=O) groups is 1. The van der Waals surface area contributed by atoms with Crippen molar-refractivity contribution in [3.63, 3.8) is 0 Å². The minimum absolute atomic E-state index is 0.359. The van der Waals surface area contributed by atoms with Crippen LogP contribution in [0.4, 0.5) is 0 Å². The largest absolute Gasteiger partial charge is 0.294 e. The number of thiophene rings is 1. The van der Waals surface area contributed by atoms with Gasteiger partial charge in [0.15, 0.2) is 5.78 Å². The van der Waals surface area contributed by atoms with Gasteiger partial charge in [0.2, 0.25) is 0 Å². The summed E-state index contributed by atoms with van der Waals surface area (Å²) in [6.45, 7) is 4.17. The molecule has 1 aromatic heterocycles. The highest BCUT2D eigenvalue weighted by Gasteiger charge is 2.22. The Morgan fingerprint density at radius 2 is 2.00 bits per heavy atom. The van der Waals surface area contributed by atoms with Crippen LogP contribution in [-0.4, -0.2) is 5.78 Å². The lowest BCUT2D eigenvalue weighted by Crippen LogP contribution is -2.08. The highest BCUT2D eigenvalue weighted by Crippen LogP contribution is 2.32. The molecular formula is C10H12OS. The molecule has 0 radical (unpaired) electrons. The Hall–Kier alpha value is -0.630. The molecule has 0 saturated heterocycles. The van der Waals surface area contributed by atoms with Gasteiger partial charge in [-0.1, -0.05) is 0 Å². The van der Waals surface area contributed by atoms with Gasteiger partial charge >= 0.3 is 0 Å². The Labute approximate surface area is 76.4 Å². The van der Waals surface area contributed by atoms with Crippen LogP contribution in [-0.2, 0) is 6.42 Å². The number of rotatable bonds is 0. The first-order valence-corrected chi connectivity index (χ1v) is 5.14. The van der Waals surface area contributed by atoms with Crippen molar-refractivity contribution in [1.29, 1.82) is 0 Å². The van der Waals surface area contributed by atoms with E-state index in [9.17, 15) is 4.79 Å². The summed E-state index contributed by atoms with van der Waals surface area (Å²) in [5, 5.41) is 0. The summed E-state index contributed by atoms with van der Waals surface area (Å²) in [6, 6.07) is 0. The lowest BCUT2D eigenvalue weighted by molar-refractivity contribution is 0.0973. The van der Waals surface area contributed by atoms with Crippen LogP contribution in [0, 0.1) is 13.8 Å². The van der Waals surface area contributed by atoms with E-state index in [1.54, 1.807) is 11.3 Å². The van der Waals surface area contributed by atoms with Gasteiger partial charge in [0.05, 0.1) is 0 Å². The highest BCUT2D eigenvalue weighted by atomic mass is 32.1. The van der Waals surface area contributed by atoms with E-state index in [0.717, 1.165) is 24.8 Å². The summed E-state index contributed by atoms with van der Waals surface area (Å²) in [4.78, 5) is 14.2. The maximum atomic E-state index is 11.5. The fourth-order valence-corrected chi connectivity index (χ4v) is 3.01. The maximum absolute atomic E-state index is 11.5. The second-order valence-corrected chi connectivity index (χ2v) is 4.67. The molecule has 1 heterocycles. The maximum Gasteiger partial charge on any atom is 0.164 e. The van der Waals surface area contributed by atoms with Gasteiger partial charge < -0.3 is 0 Å². The van der Waals surface area contributed by atoms with E-state index >= 15 is 0 Å². The van der Waals surface area contributed by atoms with E-state index < -0.39 is 0 Å². The van der Waals surface area contributed by atoms with E-state index in [4.69, 9.17) is 0 Å². The lowest BCUT2D eigenvalue weighted by Gasteiger charge is -2.09. The third-order valence-corrected chi connectivity index (χ3v) is 3.81. The average molecular weight is 180 g/mol. The molecule has 1 aromatic rings. The Kier molecular flexibility index (Phi) is 1.80. The normalized spacial score (nSPS) is 16.3. The molecule has 0 N–H and O–H groups in total. The molecule has 0 aliphatic heterocycles. The van der Waals surface area contributed by atoms with E-state index in [-0.39, 0.29) is 0 Å². The number of fused-ring (bicyclic) bond motifs is 1. The molecule has 0 atom stereocenters. The number of Topliss-reactive ketones (excluding diaryl/α,β-unsaturated/α-hetero) is 1. The molecule has 0 unspecified atom stereocenters. The van der Waals surface area contributed by atoms with Crippen LogP contribution >= 0.6 is 11.3 Å². The molecular weight excluding hydrogens is 168 g/mol. The Morgan fingerprint density at radius 3 is 2.67 bits per heavy atom. The van der Waals surface area contributed by atoms with Gasteiger partial charge in [-0.3, -0.25) is 4.79 Å². The number of ketones is 1. The van der Waals surface area contributed by atoms with Gasteiger partial charge in [0, 0.05) is 21.7 Å². The third-order valence-electron chi connectivity index (χ3n) is 2.54. The molecule has 1 aliphatic carbocycles. The van der Waals surface area contributed by atoms with E-state index in [1.165, 1.54) is 15.3 Å². The summed E-state index contributed by atoms with van der Waals surface area (Å²) in [5.74, 6) is 0.359.